The van der Waals surface area contributed by atoms with Gasteiger partial charge in [0, 0.05) is 18.6 Å². The molecule has 0 atom stereocenters. The highest BCUT2D eigenvalue weighted by atomic mass is 32.2. The lowest BCUT2D eigenvalue weighted by Gasteiger charge is -2.10. The fourth-order valence-corrected chi connectivity index (χ4v) is 4.13. The molecule has 9 heteroatoms. The number of nitrogens with zero attached hydrogens (tertiary/aromatic N) is 1. The van der Waals surface area contributed by atoms with Gasteiger partial charge in [-0.2, -0.15) is 0 Å². The lowest BCUT2D eigenvalue weighted by molar-refractivity contribution is 0.0792. The summed E-state index contributed by atoms with van der Waals surface area (Å²) in [5.41, 5.74) is 0.668. The van der Waals surface area contributed by atoms with Crippen molar-refractivity contribution in [3.8, 4) is 0 Å². The van der Waals surface area contributed by atoms with Crippen molar-refractivity contribution in [3.05, 3.63) is 54.4 Å². The molecule has 1 heterocycles. The Morgan fingerprint density at radius 1 is 1.05 bits per heavy atom. The van der Waals surface area contributed by atoms with Gasteiger partial charge in [0.25, 0.3) is 10.0 Å². The number of hydrogen-bond acceptors (Lipinski definition) is 6. The monoisotopic (exact) mass is 342 g/mol. The maximum atomic E-state index is 12.2. The van der Waals surface area contributed by atoms with Gasteiger partial charge in [-0.3, -0.25) is 9.82 Å². The van der Waals surface area contributed by atoms with Gasteiger partial charge in [-0.25, -0.2) is 16.8 Å². The summed E-state index contributed by atoms with van der Waals surface area (Å²) in [4.78, 5) is 10.1. The molecule has 0 saturated heterocycles. The summed E-state index contributed by atoms with van der Waals surface area (Å²) in [6, 6.07) is 8.71. The van der Waals surface area contributed by atoms with Crippen LogP contribution in [0.3, 0.4) is 0 Å². The van der Waals surface area contributed by atoms with Crippen LogP contribution in [0.25, 0.3) is 0 Å². The van der Waals surface area contributed by atoms with Crippen molar-refractivity contribution in [2.75, 3.05) is 6.26 Å². The van der Waals surface area contributed by atoms with E-state index in [-0.39, 0.29) is 16.4 Å². The fraction of sp³-hybridized carbons (Fsp3) is 0.154. The molecular formula is C13H14N2O5S2. The molecule has 22 heavy (non-hydrogen) atoms. The van der Waals surface area contributed by atoms with E-state index in [0.29, 0.717) is 5.56 Å². The highest BCUT2D eigenvalue weighted by molar-refractivity contribution is 7.93. The first-order valence-electron chi connectivity index (χ1n) is 6.12. The van der Waals surface area contributed by atoms with Crippen molar-refractivity contribution >= 4 is 19.9 Å². The molecule has 0 radical (unpaired) electrons. The molecule has 0 unspecified atom stereocenters. The van der Waals surface area contributed by atoms with Crippen LogP contribution in [0, 0.1) is 0 Å². The predicted octanol–water partition coefficient (Wildman–Crippen LogP) is 0.895. The normalized spacial score (nSPS) is 12.2. The van der Waals surface area contributed by atoms with Crippen LogP contribution in [-0.2, 0) is 31.3 Å². The lowest BCUT2D eigenvalue weighted by Crippen LogP contribution is -2.25. The van der Waals surface area contributed by atoms with Crippen molar-refractivity contribution in [2.24, 2.45) is 0 Å². The van der Waals surface area contributed by atoms with Crippen LogP contribution in [0.2, 0.25) is 0 Å². The molecule has 0 amide bonds. The molecule has 0 aliphatic rings. The summed E-state index contributed by atoms with van der Waals surface area (Å²) in [7, 11) is -7.79. The molecule has 2 rings (SSSR count). The van der Waals surface area contributed by atoms with Gasteiger partial charge >= 0.3 is 0 Å². The van der Waals surface area contributed by atoms with Crippen LogP contribution >= 0.6 is 0 Å². The summed E-state index contributed by atoms with van der Waals surface area (Å²) < 4.78 is 47.7. The number of hydrogen-bond donors (Lipinski definition) is 1. The van der Waals surface area contributed by atoms with E-state index < -0.39 is 19.9 Å². The number of sulfonamides is 1. The zero-order valence-corrected chi connectivity index (χ0v) is 13.3. The first-order valence-corrected chi connectivity index (χ1v) is 9.50. The van der Waals surface area contributed by atoms with Crippen LogP contribution in [-0.4, -0.2) is 28.1 Å². The number of pyridine rings is 1. The van der Waals surface area contributed by atoms with E-state index >= 15 is 0 Å². The second-order valence-corrected chi connectivity index (χ2v) is 8.05. The Kier molecular flexibility index (Phi) is 4.91. The average Bonchev–Trinajstić information content (AvgIpc) is 2.47. The predicted molar refractivity (Wildman–Crippen MR) is 78.9 cm³/mol. The second-order valence-electron chi connectivity index (χ2n) is 4.46. The van der Waals surface area contributed by atoms with Crippen molar-refractivity contribution < 1.29 is 21.7 Å². The smallest absolute Gasteiger partial charge is 0.263 e. The van der Waals surface area contributed by atoms with Crippen LogP contribution in [0.5, 0.6) is 0 Å². The lowest BCUT2D eigenvalue weighted by atomic mass is 10.3. The van der Waals surface area contributed by atoms with Crippen LogP contribution in [0.1, 0.15) is 5.56 Å². The molecule has 2 aromatic rings. The largest absolute Gasteiger partial charge is 0.282 e. The average molecular weight is 342 g/mol. The molecule has 0 aliphatic heterocycles. The Morgan fingerprint density at radius 2 is 1.73 bits per heavy atom. The number of rotatable bonds is 6. The molecule has 1 aromatic heterocycles. The molecule has 7 nitrogen and oxygen atoms in total. The summed E-state index contributed by atoms with van der Waals surface area (Å²) >= 11 is 0. The Labute approximate surface area is 128 Å². The van der Waals surface area contributed by atoms with Crippen molar-refractivity contribution in [1.29, 1.82) is 0 Å². The van der Waals surface area contributed by atoms with Gasteiger partial charge in [0.1, 0.15) is 4.90 Å². The van der Waals surface area contributed by atoms with E-state index in [4.69, 9.17) is 4.84 Å². The van der Waals surface area contributed by atoms with Gasteiger partial charge in [-0.1, -0.05) is 23.1 Å². The fourth-order valence-electron chi connectivity index (χ4n) is 1.70. The third kappa shape index (κ3) is 4.10. The molecule has 0 aliphatic carbocycles. The highest BCUT2D eigenvalue weighted by Crippen LogP contribution is 2.20. The minimum atomic E-state index is -4.12. The Balaban J connectivity index is 2.18. The Bertz CT molecular complexity index is 849. The number of aromatic nitrogens is 1. The highest BCUT2D eigenvalue weighted by Gasteiger charge is 2.23. The third-order valence-electron chi connectivity index (χ3n) is 2.67. The summed E-state index contributed by atoms with van der Waals surface area (Å²) in [5.74, 6) is 0. The molecule has 0 spiro atoms. The van der Waals surface area contributed by atoms with Gasteiger partial charge in [0.15, 0.2) is 9.84 Å². The van der Waals surface area contributed by atoms with Gasteiger partial charge in [0.05, 0.1) is 11.5 Å². The second kappa shape index (κ2) is 6.53. The van der Waals surface area contributed by atoms with Gasteiger partial charge in [0.2, 0.25) is 0 Å². The van der Waals surface area contributed by atoms with Crippen LogP contribution in [0.15, 0.2) is 58.6 Å². The van der Waals surface area contributed by atoms with Crippen molar-refractivity contribution in [1.82, 2.24) is 9.87 Å². The first kappa shape index (κ1) is 16.6. The quantitative estimate of drug-likeness (QED) is 0.782. The molecule has 0 bridgehead atoms. The molecule has 1 N–H and O–H groups in total. The molecule has 0 fully saturated rings. The topological polar surface area (TPSA) is 102 Å². The van der Waals surface area contributed by atoms with E-state index in [1.807, 2.05) is 4.89 Å². The molecule has 118 valence electrons. The number of nitrogens with one attached hydrogen (secondary N) is 1. The van der Waals surface area contributed by atoms with E-state index in [1.165, 1.54) is 30.5 Å². The van der Waals surface area contributed by atoms with E-state index in [1.54, 1.807) is 18.3 Å². The van der Waals surface area contributed by atoms with Crippen LogP contribution in [0.4, 0.5) is 0 Å². The molecular weight excluding hydrogens is 328 g/mol. The zero-order valence-electron chi connectivity index (χ0n) is 11.6. The third-order valence-corrected chi connectivity index (χ3v) is 5.22. The van der Waals surface area contributed by atoms with E-state index in [2.05, 4.69) is 4.98 Å². The van der Waals surface area contributed by atoms with Crippen molar-refractivity contribution in [2.45, 2.75) is 16.4 Å². The van der Waals surface area contributed by atoms with Gasteiger partial charge < -0.3 is 0 Å². The Morgan fingerprint density at radius 3 is 2.32 bits per heavy atom. The zero-order chi connectivity index (χ0) is 16.2. The maximum absolute atomic E-state index is 12.2. The first-order chi connectivity index (χ1) is 10.3. The SMILES string of the molecule is CS(=O)(=O)c1ccccc1S(=O)(=O)NOCc1cccnc1. The van der Waals surface area contributed by atoms with Gasteiger partial charge in [-0.15, -0.1) is 0 Å². The van der Waals surface area contributed by atoms with Crippen LogP contribution < -0.4 is 4.89 Å². The summed E-state index contributed by atoms with van der Waals surface area (Å²) in [6.45, 7) is -0.0336. The maximum Gasteiger partial charge on any atom is 0.263 e. The molecule has 1 aromatic carbocycles. The minimum Gasteiger partial charge on any atom is -0.282 e. The van der Waals surface area contributed by atoms with Crippen molar-refractivity contribution in [3.63, 3.8) is 0 Å². The summed E-state index contributed by atoms with van der Waals surface area (Å²) in [5, 5.41) is 0. The molecule has 0 saturated carbocycles. The van der Waals surface area contributed by atoms with Gasteiger partial charge in [-0.05, 0) is 23.8 Å². The minimum absolute atomic E-state index is 0.0336. The van der Waals surface area contributed by atoms with E-state index in [0.717, 1.165) is 6.26 Å². The Hall–Kier alpha value is -1.81. The number of benzene rings is 1. The summed E-state index contributed by atoms with van der Waals surface area (Å²) in [6.07, 6.45) is 4.05. The number of sulfone groups is 1. The standard InChI is InChI=1S/C13H14N2O5S2/c1-21(16,17)12-6-2-3-7-13(12)22(18,19)15-20-10-11-5-4-8-14-9-11/h2-9,15H,10H2,1H3. The van der Waals surface area contributed by atoms with E-state index in [9.17, 15) is 16.8 Å².